The molecule has 4 N–H and O–H groups in total. The number of nitrogens with two attached hydrogens (primary N) is 2. The van der Waals surface area contributed by atoms with Crippen LogP contribution >= 0.6 is 0 Å². The van der Waals surface area contributed by atoms with Gasteiger partial charge in [0.15, 0.2) is 5.96 Å². The molecule has 6 heteroatoms. The van der Waals surface area contributed by atoms with E-state index in [-0.39, 0.29) is 5.96 Å². The van der Waals surface area contributed by atoms with E-state index in [4.69, 9.17) is 21.2 Å². The van der Waals surface area contributed by atoms with Crippen LogP contribution < -0.4 is 16.2 Å². The summed E-state index contributed by atoms with van der Waals surface area (Å²) in [5.41, 5.74) is 14.4. The molecular formula is C19H18N4O2. The number of pyridine rings is 1. The van der Waals surface area contributed by atoms with Gasteiger partial charge >= 0.3 is 0 Å². The number of hydrogen-bond donors (Lipinski definition) is 2. The highest BCUT2D eigenvalue weighted by Crippen LogP contribution is 2.29. The molecule has 0 spiro atoms. The number of guanidine groups is 1. The summed E-state index contributed by atoms with van der Waals surface area (Å²) in [5, 5.41) is 0.660. The molecule has 126 valence electrons. The van der Waals surface area contributed by atoms with Crippen molar-refractivity contribution >= 4 is 22.8 Å². The number of fused-ring (bicyclic) bond motifs is 1. The molecule has 1 amide bonds. The van der Waals surface area contributed by atoms with Gasteiger partial charge in [-0.3, -0.25) is 4.79 Å². The van der Waals surface area contributed by atoms with Gasteiger partial charge in [0.05, 0.1) is 23.9 Å². The van der Waals surface area contributed by atoms with Crippen molar-refractivity contribution in [3.05, 3.63) is 59.7 Å². The van der Waals surface area contributed by atoms with Crippen molar-refractivity contribution in [2.24, 2.45) is 16.5 Å². The third-order valence-electron chi connectivity index (χ3n) is 3.90. The Morgan fingerprint density at radius 3 is 2.56 bits per heavy atom. The van der Waals surface area contributed by atoms with E-state index in [1.165, 1.54) is 0 Å². The summed E-state index contributed by atoms with van der Waals surface area (Å²) < 4.78 is 5.26. The SMILES string of the molecule is COc1ccc2c(C(=O)N=C(N)N)cc(-c3ccccc3C)nc2c1. The number of carbonyl (C=O) groups excluding carboxylic acids is 1. The van der Waals surface area contributed by atoms with Crippen LogP contribution in [0.5, 0.6) is 5.75 Å². The molecule has 25 heavy (non-hydrogen) atoms. The van der Waals surface area contributed by atoms with Crippen molar-refractivity contribution in [2.75, 3.05) is 7.11 Å². The fourth-order valence-electron chi connectivity index (χ4n) is 2.69. The molecular weight excluding hydrogens is 316 g/mol. The highest BCUT2D eigenvalue weighted by molar-refractivity contribution is 6.11. The van der Waals surface area contributed by atoms with Crippen LogP contribution in [0.15, 0.2) is 53.5 Å². The molecule has 0 fully saturated rings. The molecule has 0 radical (unpaired) electrons. The van der Waals surface area contributed by atoms with Gasteiger partial charge in [-0.25, -0.2) is 4.98 Å². The van der Waals surface area contributed by atoms with Gasteiger partial charge in [0.2, 0.25) is 0 Å². The number of aryl methyl sites for hydroxylation is 1. The lowest BCUT2D eigenvalue weighted by atomic mass is 10.0. The normalized spacial score (nSPS) is 10.5. The number of benzene rings is 2. The van der Waals surface area contributed by atoms with Crippen LogP contribution in [0.2, 0.25) is 0 Å². The van der Waals surface area contributed by atoms with Crippen molar-refractivity contribution in [3.63, 3.8) is 0 Å². The number of carbonyl (C=O) groups is 1. The Balaban J connectivity index is 2.31. The molecule has 0 saturated heterocycles. The Kier molecular flexibility index (Phi) is 4.35. The van der Waals surface area contributed by atoms with E-state index in [0.29, 0.717) is 27.9 Å². The fraction of sp³-hybridized carbons (Fsp3) is 0.105. The summed E-state index contributed by atoms with van der Waals surface area (Å²) in [4.78, 5) is 20.9. The van der Waals surface area contributed by atoms with E-state index in [0.717, 1.165) is 11.1 Å². The lowest BCUT2D eigenvalue weighted by Gasteiger charge is -2.10. The predicted octanol–water partition coefficient (Wildman–Crippen LogP) is 2.63. The lowest BCUT2D eigenvalue weighted by Crippen LogP contribution is -2.24. The number of rotatable bonds is 3. The maximum atomic E-state index is 12.5. The van der Waals surface area contributed by atoms with Crippen LogP contribution in [0.3, 0.4) is 0 Å². The third kappa shape index (κ3) is 3.28. The zero-order valence-corrected chi connectivity index (χ0v) is 14.0. The van der Waals surface area contributed by atoms with Gasteiger partial charge in [-0.15, -0.1) is 0 Å². The van der Waals surface area contributed by atoms with E-state index >= 15 is 0 Å². The summed E-state index contributed by atoms with van der Waals surface area (Å²) in [5.74, 6) is -0.129. The first kappa shape index (κ1) is 16.4. The second-order valence-corrected chi connectivity index (χ2v) is 5.59. The number of methoxy groups -OCH3 is 1. The first-order valence-electron chi connectivity index (χ1n) is 7.68. The summed E-state index contributed by atoms with van der Waals surface area (Å²) in [7, 11) is 1.58. The average molecular weight is 334 g/mol. The third-order valence-corrected chi connectivity index (χ3v) is 3.90. The first-order chi connectivity index (χ1) is 12.0. The van der Waals surface area contributed by atoms with Gasteiger partial charge in [-0.2, -0.15) is 4.99 Å². The van der Waals surface area contributed by atoms with Gasteiger partial charge in [0, 0.05) is 17.0 Å². The lowest BCUT2D eigenvalue weighted by molar-refractivity contribution is 0.100. The molecule has 0 atom stereocenters. The number of amides is 1. The van der Waals surface area contributed by atoms with Crippen molar-refractivity contribution in [2.45, 2.75) is 6.92 Å². The van der Waals surface area contributed by atoms with Gasteiger partial charge in [-0.05, 0) is 30.7 Å². The standard InChI is InChI=1S/C19H18N4O2/c1-11-5-3-4-6-13(11)17-10-15(18(24)23-19(20)21)14-8-7-12(25-2)9-16(14)22-17/h3-10H,1-2H3,(H4,20,21,23,24). The molecule has 0 bridgehead atoms. The Hall–Kier alpha value is -3.41. The second kappa shape index (κ2) is 6.60. The van der Waals surface area contributed by atoms with Crippen LogP contribution in [-0.4, -0.2) is 24.0 Å². The molecule has 3 rings (SSSR count). The van der Waals surface area contributed by atoms with Crippen LogP contribution in [-0.2, 0) is 0 Å². The Morgan fingerprint density at radius 2 is 1.88 bits per heavy atom. The number of hydrogen-bond acceptors (Lipinski definition) is 3. The minimum absolute atomic E-state index is 0.277. The first-order valence-corrected chi connectivity index (χ1v) is 7.68. The van der Waals surface area contributed by atoms with E-state index in [1.807, 2.05) is 31.2 Å². The topological polar surface area (TPSA) is 104 Å². The van der Waals surface area contributed by atoms with E-state index < -0.39 is 5.91 Å². The van der Waals surface area contributed by atoms with Crippen molar-refractivity contribution in [1.82, 2.24) is 4.98 Å². The summed E-state index contributed by atoms with van der Waals surface area (Å²) in [6.45, 7) is 1.99. The molecule has 0 aliphatic heterocycles. The molecule has 1 heterocycles. The van der Waals surface area contributed by atoms with Crippen LogP contribution in [0, 0.1) is 6.92 Å². The Bertz CT molecular complexity index is 992. The zero-order chi connectivity index (χ0) is 18.0. The van der Waals surface area contributed by atoms with Crippen LogP contribution in [0.4, 0.5) is 0 Å². The summed E-state index contributed by atoms with van der Waals surface area (Å²) in [6.07, 6.45) is 0. The van der Waals surface area contributed by atoms with E-state index in [2.05, 4.69) is 4.99 Å². The second-order valence-electron chi connectivity index (χ2n) is 5.59. The Labute approximate surface area is 145 Å². The van der Waals surface area contributed by atoms with Crippen molar-refractivity contribution in [3.8, 4) is 17.0 Å². The number of aliphatic imine (C=N–C) groups is 1. The predicted molar refractivity (Wildman–Crippen MR) is 98.6 cm³/mol. The maximum Gasteiger partial charge on any atom is 0.280 e. The smallest absolute Gasteiger partial charge is 0.280 e. The minimum Gasteiger partial charge on any atom is -0.497 e. The molecule has 0 unspecified atom stereocenters. The molecule has 0 saturated carbocycles. The van der Waals surface area contributed by atoms with Gasteiger partial charge in [-0.1, -0.05) is 24.3 Å². The quantitative estimate of drug-likeness (QED) is 0.566. The largest absolute Gasteiger partial charge is 0.497 e. The molecule has 2 aromatic carbocycles. The summed E-state index contributed by atoms with van der Waals surface area (Å²) in [6, 6.07) is 14.9. The highest BCUT2D eigenvalue weighted by atomic mass is 16.5. The van der Waals surface area contributed by atoms with E-state index in [9.17, 15) is 4.79 Å². The maximum absolute atomic E-state index is 12.5. The summed E-state index contributed by atoms with van der Waals surface area (Å²) >= 11 is 0. The molecule has 0 aliphatic rings. The minimum atomic E-state index is -0.507. The molecule has 3 aromatic rings. The number of ether oxygens (including phenoxy) is 1. The Morgan fingerprint density at radius 1 is 1.12 bits per heavy atom. The fourth-order valence-corrected chi connectivity index (χ4v) is 2.69. The van der Waals surface area contributed by atoms with Gasteiger partial charge in [0.1, 0.15) is 5.75 Å². The highest BCUT2D eigenvalue weighted by Gasteiger charge is 2.15. The van der Waals surface area contributed by atoms with Crippen LogP contribution in [0.25, 0.3) is 22.2 Å². The number of nitrogens with zero attached hydrogens (tertiary/aromatic N) is 2. The van der Waals surface area contributed by atoms with Crippen molar-refractivity contribution in [1.29, 1.82) is 0 Å². The number of aromatic nitrogens is 1. The monoisotopic (exact) mass is 334 g/mol. The molecule has 6 nitrogen and oxygen atoms in total. The van der Waals surface area contributed by atoms with Gasteiger partial charge < -0.3 is 16.2 Å². The van der Waals surface area contributed by atoms with Crippen LogP contribution in [0.1, 0.15) is 15.9 Å². The average Bonchev–Trinajstić information content (AvgIpc) is 2.60. The zero-order valence-electron chi connectivity index (χ0n) is 14.0. The van der Waals surface area contributed by atoms with E-state index in [1.54, 1.807) is 31.4 Å². The molecule has 1 aromatic heterocycles. The van der Waals surface area contributed by atoms with Crippen molar-refractivity contribution < 1.29 is 9.53 Å². The molecule has 0 aliphatic carbocycles. The van der Waals surface area contributed by atoms with Gasteiger partial charge in [0.25, 0.3) is 5.91 Å².